The molecular weight excluding hydrogens is 202 g/mol. The van der Waals surface area contributed by atoms with Crippen molar-refractivity contribution in [2.75, 3.05) is 25.1 Å². The van der Waals surface area contributed by atoms with Gasteiger partial charge in [-0.25, -0.2) is 0 Å². The van der Waals surface area contributed by atoms with Gasteiger partial charge in [-0.15, -0.1) is 0 Å². The Morgan fingerprint density at radius 3 is 2.67 bits per heavy atom. The van der Waals surface area contributed by atoms with Crippen molar-refractivity contribution in [3.63, 3.8) is 0 Å². The molecule has 0 aromatic rings. The van der Waals surface area contributed by atoms with E-state index in [-0.39, 0.29) is 0 Å². The van der Waals surface area contributed by atoms with Crippen molar-refractivity contribution in [1.29, 1.82) is 0 Å². The normalized spacial score (nSPS) is 19.6. The van der Waals surface area contributed by atoms with E-state index in [1.807, 2.05) is 11.8 Å². The summed E-state index contributed by atoms with van der Waals surface area (Å²) in [7, 11) is 0. The zero-order chi connectivity index (χ0) is 10.9. The van der Waals surface area contributed by atoms with Crippen molar-refractivity contribution in [2.45, 2.75) is 45.4 Å². The zero-order valence-corrected chi connectivity index (χ0v) is 11.2. The van der Waals surface area contributed by atoms with Crippen LogP contribution in [-0.4, -0.2) is 25.1 Å². The molecule has 0 saturated heterocycles. The van der Waals surface area contributed by atoms with Gasteiger partial charge in [0.05, 0.1) is 0 Å². The van der Waals surface area contributed by atoms with Crippen LogP contribution in [0.25, 0.3) is 0 Å². The third kappa shape index (κ3) is 5.26. The Morgan fingerprint density at radius 2 is 2.07 bits per heavy atom. The summed E-state index contributed by atoms with van der Waals surface area (Å²) < 4.78 is 0. The van der Waals surface area contributed by atoms with Crippen LogP contribution in [0.5, 0.6) is 0 Å². The van der Waals surface area contributed by atoms with Crippen LogP contribution in [0.3, 0.4) is 0 Å². The molecule has 1 nitrogen and oxygen atoms in total. The predicted molar refractivity (Wildman–Crippen MR) is 71.6 cm³/mol. The van der Waals surface area contributed by atoms with Gasteiger partial charge in [0.25, 0.3) is 0 Å². The highest BCUT2D eigenvalue weighted by molar-refractivity contribution is 7.98. The summed E-state index contributed by atoms with van der Waals surface area (Å²) in [5.41, 5.74) is 0. The van der Waals surface area contributed by atoms with Crippen molar-refractivity contribution >= 4 is 11.8 Å². The molecule has 0 radical (unpaired) electrons. The van der Waals surface area contributed by atoms with Crippen LogP contribution >= 0.6 is 11.8 Å². The highest BCUT2D eigenvalue weighted by Crippen LogP contribution is 2.33. The van der Waals surface area contributed by atoms with Gasteiger partial charge in [0.2, 0.25) is 0 Å². The van der Waals surface area contributed by atoms with E-state index in [0.29, 0.717) is 0 Å². The molecule has 1 fully saturated rings. The highest BCUT2D eigenvalue weighted by atomic mass is 32.2. The topological polar surface area (TPSA) is 12.0 Å². The Morgan fingerprint density at radius 1 is 1.33 bits per heavy atom. The molecule has 1 atom stereocenters. The summed E-state index contributed by atoms with van der Waals surface area (Å²) in [5.74, 6) is 3.32. The average Bonchev–Trinajstić information content (AvgIpc) is 2.76. The van der Waals surface area contributed by atoms with Crippen LogP contribution in [0.15, 0.2) is 0 Å². The molecule has 0 spiro atoms. The van der Waals surface area contributed by atoms with Gasteiger partial charge in [0, 0.05) is 0 Å². The molecular formula is C13H27NS. The van der Waals surface area contributed by atoms with Gasteiger partial charge in [-0.05, 0) is 49.8 Å². The second-order valence-electron chi connectivity index (χ2n) is 4.79. The molecule has 1 saturated carbocycles. The van der Waals surface area contributed by atoms with Gasteiger partial charge in [0.1, 0.15) is 0 Å². The van der Waals surface area contributed by atoms with E-state index in [1.54, 1.807) is 0 Å². The van der Waals surface area contributed by atoms with Gasteiger partial charge in [-0.2, -0.15) is 11.8 Å². The molecule has 1 N–H and O–H groups in total. The maximum atomic E-state index is 3.61. The number of rotatable bonds is 8. The van der Waals surface area contributed by atoms with E-state index >= 15 is 0 Å². The molecule has 0 heterocycles. The molecule has 1 aliphatic carbocycles. The van der Waals surface area contributed by atoms with Crippen molar-refractivity contribution in [1.82, 2.24) is 5.32 Å². The molecule has 1 unspecified atom stereocenters. The standard InChI is InChI=1S/C13H27NS/c1-3-9-14-11-13(8-10-15-2)12-6-4-5-7-12/h12-14H,3-11H2,1-2H3. The van der Waals surface area contributed by atoms with Gasteiger partial charge < -0.3 is 5.32 Å². The molecule has 0 aromatic heterocycles. The van der Waals surface area contributed by atoms with Crippen molar-refractivity contribution in [2.24, 2.45) is 11.8 Å². The number of thioether (sulfide) groups is 1. The summed E-state index contributed by atoms with van der Waals surface area (Å²) in [6.07, 6.45) is 10.9. The van der Waals surface area contributed by atoms with Crippen molar-refractivity contribution in [3.05, 3.63) is 0 Å². The van der Waals surface area contributed by atoms with Crippen molar-refractivity contribution < 1.29 is 0 Å². The molecule has 1 aliphatic rings. The number of hydrogen-bond donors (Lipinski definition) is 1. The third-order valence-electron chi connectivity index (χ3n) is 3.59. The molecule has 1 rings (SSSR count). The quantitative estimate of drug-likeness (QED) is 0.639. The van der Waals surface area contributed by atoms with Gasteiger partial charge in [-0.3, -0.25) is 0 Å². The first-order valence-electron chi connectivity index (χ1n) is 6.58. The Kier molecular flexibility index (Phi) is 7.54. The first kappa shape index (κ1) is 13.4. The fourth-order valence-corrected chi connectivity index (χ4v) is 3.21. The molecule has 0 bridgehead atoms. The van der Waals surface area contributed by atoms with E-state index < -0.39 is 0 Å². The van der Waals surface area contributed by atoms with E-state index in [1.165, 1.54) is 57.4 Å². The van der Waals surface area contributed by atoms with Crippen LogP contribution in [0, 0.1) is 11.8 Å². The molecule has 0 amide bonds. The summed E-state index contributed by atoms with van der Waals surface area (Å²) in [4.78, 5) is 0. The molecule has 90 valence electrons. The molecule has 15 heavy (non-hydrogen) atoms. The first-order valence-corrected chi connectivity index (χ1v) is 7.97. The van der Waals surface area contributed by atoms with E-state index in [0.717, 1.165) is 11.8 Å². The minimum Gasteiger partial charge on any atom is -0.316 e. The number of nitrogens with one attached hydrogen (secondary N) is 1. The third-order valence-corrected chi connectivity index (χ3v) is 4.24. The Hall–Kier alpha value is 0.310. The minimum atomic E-state index is 0.950. The summed E-state index contributed by atoms with van der Waals surface area (Å²) in [6.45, 7) is 4.71. The summed E-state index contributed by atoms with van der Waals surface area (Å²) in [6, 6.07) is 0. The maximum Gasteiger partial charge on any atom is -0.00176 e. The zero-order valence-electron chi connectivity index (χ0n) is 10.4. The van der Waals surface area contributed by atoms with Crippen LogP contribution in [0.4, 0.5) is 0 Å². The second kappa shape index (κ2) is 8.46. The Bertz CT molecular complexity index is 143. The van der Waals surface area contributed by atoms with Crippen LogP contribution < -0.4 is 5.32 Å². The highest BCUT2D eigenvalue weighted by Gasteiger charge is 2.23. The lowest BCUT2D eigenvalue weighted by atomic mass is 9.88. The Balaban J connectivity index is 2.23. The summed E-state index contributed by atoms with van der Waals surface area (Å²) >= 11 is 2.00. The lowest BCUT2D eigenvalue weighted by Crippen LogP contribution is -2.28. The summed E-state index contributed by atoms with van der Waals surface area (Å²) in [5, 5.41) is 3.61. The molecule has 2 heteroatoms. The molecule has 0 aromatic carbocycles. The van der Waals surface area contributed by atoms with Crippen LogP contribution in [0.1, 0.15) is 45.4 Å². The van der Waals surface area contributed by atoms with E-state index in [4.69, 9.17) is 0 Å². The lowest BCUT2D eigenvalue weighted by Gasteiger charge is -2.23. The van der Waals surface area contributed by atoms with E-state index in [9.17, 15) is 0 Å². The predicted octanol–water partition coefficient (Wildman–Crippen LogP) is 3.55. The fourth-order valence-electron chi connectivity index (χ4n) is 2.67. The second-order valence-corrected chi connectivity index (χ2v) is 5.78. The van der Waals surface area contributed by atoms with E-state index in [2.05, 4.69) is 18.5 Å². The first-order chi connectivity index (χ1) is 7.38. The SMILES string of the molecule is CCCNCC(CCSC)C1CCCC1. The molecule has 0 aliphatic heterocycles. The smallest absolute Gasteiger partial charge is 0.00176 e. The van der Waals surface area contributed by atoms with Crippen molar-refractivity contribution in [3.8, 4) is 0 Å². The lowest BCUT2D eigenvalue weighted by molar-refractivity contribution is 0.316. The van der Waals surface area contributed by atoms with Crippen LogP contribution in [0.2, 0.25) is 0 Å². The van der Waals surface area contributed by atoms with Gasteiger partial charge in [0.15, 0.2) is 0 Å². The van der Waals surface area contributed by atoms with Gasteiger partial charge >= 0.3 is 0 Å². The van der Waals surface area contributed by atoms with Gasteiger partial charge in [-0.1, -0.05) is 32.6 Å². The minimum absolute atomic E-state index is 0.950. The average molecular weight is 229 g/mol. The monoisotopic (exact) mass is 229 g/mol. The maximum absolute atomic E-state index is 3.61. The number of hydrogen-bond acceptors (Lipinski definition) is 2. The van der Waals surface area contributed by atoms with Crippen LogP contribution in [-0.2, 0) is 0 Å². The fraction of sp³-hybridized carbons (Fsp3) is 1.00. The Labute approximate surface area is 99.8 Å². The largest absolute Gasteiger partial charge is 0.316 e.